The van der Waals surface area contributed by atoms with Gasteiger partial charge in [-0.2, -0.15) is 0 Å². The second-order valence-electron chi connectivity index (χ2n) is 6.04. The highest BCUT2D eigenvalue weighted by atomic mass is 14.8. The number of benzene rings is 2. The standard InChI is InChI=1S/C23H28N2/c1-3-5-6-13-19-23(25-21-17-11-8-12-18-21)22(14-4-2)24-20-15-9-7-10-16-20/h4,7-12,14-18H,3,5-6,13,19H2,1-2H3. The summed E-state index contributed by atoms with van der Waals surface area (Å²) >= 11 is 0. The van der Waals surface area contributed by atoms with Crippen LogP contribution in [0.3, 0.4) is 0 Å². The predicted molar refractivity (Wildman–Crippen MR) is 111 cm³/mol. The van der Waals surface area contributed by atoms with Crippen molar-refractivity contribution >= 4 is 22.8 Å². The maximum atomic E-state index is 4.91. The van der Waals surface area contributed by atoms with E-state index < -0.39 is 0 Å². The van der Waals surface area contributed by atoms with Crippen LogP contribution in [-0.4, -0.2) is 11.4 Å². The summed E-state index contributed by atoms with van der Waals surface area (Å²) in [6.45, 7) is 4.26. The van der Waals surface area contributed by atoms with Gasteiger partial charge in [0.2, 0.25) is 0 Å². The SMILES string of the molecule is CC=CC(=Nc1ccccc1)C(CCCCCC)=Nc1ccccc1. The first kappa shape index (κ1) is 18.9. The maximum absolute atomic E-state index is 4.91. The lowest BCUT2D eigenvalue weighted by atomic mass is 10.1. The Balaban J connectivity index is 2.32. The Morgan fingerprint density at radius 1 is 0.800 bits per heavy atom. The van der Waals surface area contributed by atoms with Crippen LogP contribution in [0.4, 0.5) is 11.4 Å². The molecule has 0 N–H and O–H groups in total. The first-order valence-electron chi connectivity index (χ1n) is 9.23. The third kappa shape index (κ3) is 6.88. The van der Waals surface area contributed by atoms with Gasteiger partial charge < -0.3 is 0 Å². The van der Waals surface area contributed by atoms with E-state index in [1.54, 1.807) is 0 Å². The molecule has 0 aliphatic carbocycles. The van der Waals surface area contributed by atoms with Crippen LogP contribution >= 0.6 is 0 Å². The van der Waals surface area contributed by atoms with E-state index in [-0.39, 0.29) is 0 Å². The van der Waals surface area contributed by atoms with E-state index in [1.807, 2.05) is 73.7 Å². The van der Waals surface area contributed by atoms with Gasteiger partial charge in [0.25, 0.3) is 0 Å². The summed E-state index contributed by atoms with van der Waals surface area (Å²) < 4.78 is 0. The maximum Gasteiger partial charge on any atom is 0.0848 e. The quantitative estimate of drug-likeness (QED) is 0.346. The molecule has 0 aliphatic heterocycles. The molecule has 25 heavy (non-hydrogen) atoms. The molecule has 0 atom stereocenters. The Bertz CT molecular complexity index is 697. The van der Waals surface area contributed by atoms with Gasteiger partial charge in [-0.05, 0) is 50.1 Å². The fraction of sp³-hybridized carbons (Fsp3) is 0.304. The molecule has 2 nitrogen and oxygen atoms in total. The molecule has 2 aromatic carbocycles. The summed E-state index contributed by atoms with van der Waals surface area (Å²) in [5, 5.41) is 0. The van der Waals surface area contributed by atoms with E-state index in [0.29, 0.717) is 0 Å². The minimum absolute atomic E-state index is 0.949. The van der Waals surface area contributed by atoms with Crippen molar-refractivity contribution in [1.29, 1.82) is 0 Å². The third-order valence-corrected chi connectivity index (χ3v) is 3.91. The number of unbranched alkanes of at least 4 members (excludes halogenated alkanes) is 3. The van der Waals surface area contributed by atoms with Gasteiger partial charge in [0, 0.05) is 0 Å². The van der Waals surface area contributed by atoms with Gasteiger partial charge in [-0.3, -0.25) is 4.99 Å². The third-order valence-electron chi connectivity index (χ3n) is 3.91. The zero-order valence-electron chi connectivity index (χ0n) is 15.4. The van der Waals surface area contributed by atoms with Crippen LogP contribution in [0, 0.1) is 0 Å². The summed E-state index contributed by atoms with van der Waals surface area (Å²) in [4.78, 5) is 9.75. The molecule has 2 heteroatoms. The lowest BCUT2D eigenvalue weighted by molar-refractivity contribution is 0.684. The van der Waals surface area contributed by atoms with Crippen molar-refractivity contribution in [3.8, 4) is 0 Å². The molecular weight excluding hydrogens is 304 g/mol. The van der Waals surface area contributed by atoms with E-state index >= 15 is 0 Å². The minimum atomic E-state index is 0.949. The predicted octanol–water partition coefficient (Wildman–Crippen LogP) is 7.08. The Kier molecular flexibility index (Phi) is 8.40. The molecule has 0 saturated heterocycles. The van der Waals surface area contributed by atoms with Gasteiger partial charge in [-0.15, -0.1) is 0 Å². The van der Waals surface area contributed by atoms with Crippen LogP contribution < -0.4 is 0 Å². The van der Waals surface area contributed by atoms with Crippen LogP contribution in [0.5, 0.6) is 0 Å². The molecule has 0 radical (unpaired) electrons. The van der Waals surface area contributed by atoms with Crippen molar-refractivity contribution < 1.29 is 0 Å². The number of hydrogen-bond donors (Lipinski definition) is 0. The smallest absolute Gasteiger partial charge is 0.0848 e. The van der Waals surface area contributed by atoms with Crippen LogP contribution in [-0.2, 0) is 0 Å². The van der Waals surface area contributed by atoms with Crippen molar-refractivity contribution in [3.05, 3.63) is 72.8 Å². The molecule has 0 spiro atoms. The van der Waals surface area contributed by atoms with Crippen LogP contribution in [0.1, 0.15) is 46.0 Å². The first-order valence-corrected chi connectivity index (χ1v) is 9.23. The average Bonchev–Trinajstić information content (AvgIpc) is 2.66. The number of allylic oxidation sites excluding steroid dienone is 2. The summed E-state index contributed by atoms with van der Waals surface area (Å²) in [7, 11) is 0. The zero-order valence-corrected chi connectivity index (χ0v) is 15.4. The number of nitrogens with zero attached hydrogens (tertiary/aromatic N) is 2. The molecule has 0 aromatic heterocycles. The summed E-state index contributed by atoms with van der Waals surface area (Å²) in [6, 6.07) is 20.3. The largest absolute Gasteiger partial charge is 0.251 e. The Labute approximate surface area is 152 Å². The molecule has 0 heterocycles. The van der Waals surface area contributed by atoms with Crippen molar-refractivity contribution in [2.24, 2.45) is 9.98 Å². The van der Waals surface area contributed by atoms with E-state index in [0.717, 1.165) is 35.6 Å². The molecule has 0 unspecified atom stereocenters. The van der Waals surface area contributed by atoms with Crippen LogP contribution in [0.15, 0.2) is 82.8 Å². The van der Waals surface area contributed by atoms with Gasteiger partial charge >= 0.3 is 0 Å². The van der Waals surface area contributed by atoms with E-state index in [2.05, 4.69) is 13.0 Å². The number of hydrogen-bond acceptors (Lipinski definition) is 2. The zero-order chi connectivity index (χ0) is 17.7. The van der Waals surface area contributed by atoms with Gasteiger partial charge in [-0.25, -0.2) is 4.99 Å². The van der Waals surface area contributed by atoms with E-state index in [1.165, 1.54) is 19.3 Å². The minimum Gasteiger partial charge on any atom is -0.251 e. The number of aliphatic imine (C=N–C) groups is 2. The van der Waals surface area contributed by atoms with Gasteiger partial charge in [-0.1, -0.05) is 68.7 Å². The summed E-state index contributed by atoms with van der Waals surface area (Å²) in [5.41, 5.74) is 3.96. The summed E-state index contributed by atoms with van der Waals surface area (Å²) in [6.07, 6.45) is 9.94. The average molecular weight is 332 g/mol. The first-order chi connectivity index (χ1) is 12.3. The number of rotatable bonds is 9. The molecular formula is C23H28N2. The molecule has 130 valence electrons. The van der Waals surface area contributed by atoms with Crippen LogP contribution in [0.25, 0.3) is 0 Å². The van der Waals surface area contributed by atoms with Gasteiger partial charge in [0.1, 0.15) is 0 Å². The van der Waals surface area contributed by atoms with E-state index in [4.69, 9.17) is 9.98 Å². The fourth-order valence-electron chi connectivity index (χ4n) is 2.62. The van der Waals surface area contributed by atoms with Crippen molar-refractivity contribution in [2.75, 3.05) is 0 Å². The molecule has 0 fully saturated rings. The molecule has 0 aliphatic rings. The fourth-order valence-corrected chi connectivity index (χ4v) is 2.62. The topological polar surface area (TPSA) is 24.7 Å². The van der Waals surface area contributed by atoms with Crippen LogP contribution in [0.2, 0.25) is 0 Å². The molecule has 0 amide bonds. The van der Waals surface area contributed by atoms with Gasteiger partial charge in [0.15, 0.2) is 0 Å². The highest BCUT2D eigenvalue weighted by Gasteiger charge is 2.07. The molecule has 2 aromatic rings. The summed E-state index contributed by atoms with van der Waals surface area (Å²) in [5.74, 6) is 0. The second-order valence-corrected chi connectivity index (χ2v) is 6.04. The molecule has 0 saturated carbocycles. The lowest BCUT2D eigenvalue weighted by Gasteiger charge is -2.08. The molecule has 2 rings (SSSR count). The van der Waals surface area contributed by atoms with Crippen molar-refractivity contribution in [2.45, 2.75) is 46.0 Å². The molecule has 0 bridgehead atoms. The normalized spacial score (nSPS) is 12.7. The Morgan fingerprint density at radius 2 is 1.40 bits per heavy atom. The second kappa shape index (κ2) is 11.1. The highest BCUT2D eigenvalue weighted by Crippen LogP contribution is 2.17. The van der Waals surface area contributed by atoms with E-state index in [9.17, 15) is 0 Å². The van der Waals surface area contributed by atoms with Gasteiger partial charge in [0.05, 0.1) is 22.8 Å². The number of para-hydroxylation sites is 2. The Hall–Kier alpha value is -2.48. The van der Waals surface area contributed by atoms with Crippen molar-refractivity contribution in [1.82, 2.24) is 0 Å². The highest BCUT2D eigenvalue weighted by molar-refractivity contribution is 6.47. The Morgan fingerprint density at radius 3 is 1.96 bits per heavy atom. The monoisotopic (exact) mass is 332 g/mol. The lowest BCUT2D eigenvalue weighted by Crippen LogP contribution is -2.11. The van der Waals surface area contributed by atoms with Crippen molar-refractivity contribution in [3.63, 3.8) is 0 Å².